The molecule has 0 aromatic rings. The average molecular weight is 418 g/mol. The highest BCUT2D eigenvalue weighted by Crippen LogP contribution is 2.30. The van der Waals surface area contributed by atoms with Crippen LogP contribution in [0.25, 0.3) is 0 Å². The zero-order chi connectivity index (χ0) is 18.8. The van der Waals surface area contributed by atoms with Crippen LogP contribution >= 0.6 is 15.9 Å². The molecule has 0 unspecified atom stereocenters. The van der Waals surface area contributed by atoms with E-state index in [0.717, 1.165) is 11.2 Å². The van der Waals surface area contributed by atoms with Crippen LogP contribution in [-0.2, 0) is 4.43 Å². The topological polar surface area (TPSA) is 9.23 Å². The van der Waals surface area contributed by atoms with Crippen molar-refractivity contribution in [1.82, 2.24) is 0 Å². The van der Waals surface area contributed by atoms with Gasteiger partial charge in [-0.2, -0.15) is 0 Å². The molecule has 0 rings (SSSR count). The number of alkyl halides is 1. The van der Waals surface area contributed by atoms with Gasteiger partial charge in [0.25, 0.3) is 0 Å². The Morgan fingerprint density at radius 2 is 1.54 bits per heavy atom. The van der Waals surface area contributed by atoms with Gasteiger partial charge in [0.15, 0.2) is 8.32 Å². The Balaban J connectivity index is 5.44. The van der Waals surface area contributed by atoms with Crippen molar-refractivity contribution < 1.29 is 4.43 Å². The van der Waals surface area contributed by atoms with Crippen molar-refractivity contribution in [3.63, 3.8) is 0 Å². The second-order valence-corrected chi connectivity index (χ2v) is 12.9. The maximum Gasteiger partial charge on any atom is 0.193 e. The lowest BCUT2D eigenvalue weighted by Crippen LogP contribution is -2.40. The second-order valence-electron chi connectivity index (χ2n) is 7.48. The fourth-order valence-electron chi connectivity index (χ4n) is 3.43. The first-order valence-electron chi connectivity index (χ1n) is 9.87. The van der Waals surface area contributed by atoms with Gasteiger partial charge in [-0.1, -0.05) is 76.0 Å². The van der Waals surface area contributed by atoms with E-state index in [0.29, 0.717) is 5.92 Å². The molecule has 0 aliphatic carbocycles. The van der Waals surface area contributed by atoms with Gasteiger partial charge in [-0.15, -0.1) is 0 Å². The van der Waals surface area contributed by atoms with Gasteiger partial charge >= 0.3 is 0 Å². The van der Waals surface area contributed by atoms with Crippen molar-refractivity contribution in [1.29, 1.82) is 0 Å². The molecule has 0 aliphatic rings. The van der Waals surface area contributed by atoms with E-state index >= 15 is 0 Å². The largest absolute Gasteiger partial charge is 0.407 e. The fourth-order valence-corrected chi connectivity index (χ4v) is 6.81. The molecule has 0 spiro atoms. The molecule has 0 aliphatic heterocycles. The summed E-state index contributed by atoms with van der Waals surface area (Å²) in [6, 6.07) is 3.61. The lowest BCUT2D eigenvalue weighted by molar-refractivity contribution is 0.253. The van der Waals surface area contributed by atoms with Crippen LogP contribution in [0.4, 0.5) is 0 Å². The van der Waals surface area contributed by atoms with E-state index in [9.17, 15) is 0 Å². The molecule has 0 amide bonds. The summed E-state index contributed by atoms with van der Waals surface area (Å²) in [6.45, 7) is 18.4. The summed E-state index contributed by atoms with van der Waals surface area (Å²) in [5.74, 6) is 1.40. The molecule has 0 saturated carbocycles. The van der Waals surface area contributed by atoms with Crippen molar-refractivity contribution in [2.24, 2.45) is 11.8 Å². The Hall–Kier alpha value is 0.137. The Kier molecular flexibility index (Phi) is 12.6. The fraction of sp³-hybridized carbons (Fsp3) is 0.810. The zero-order valence-corrected chi connectivity index (χ0v) is 20.0. The van der Waals surface area contributed by atoms with Gasteiger partial charge in [0.2, 0.25) is 0 Å². The van der Waals surface area contributed by atoms with Gasteiger partial charge in [-0.25, -0.2) is 0 Å². The second kappa shape index (κ2) is 12.5. The zero-order valence-electron chi connectivity index (χ0n) is 17.4. The predicted molar refractivity (Wildman–Crippen MR) is 117 cm³/mol. The smallest absolute Gasteiger partial charge is 0.193 e. The maximum absolute atomic E-state index is 6.88. The highest BCUT2D eigenvalue weighted by molar-refractivity contribution is 9.09. The Morgan fingerprint density at radius 1 is 1.00 bits per heavy atom. The van der Waals surface area contributed by atoms with Gasteiger partial charge in [-0.05, 0) is 61.4 Å². The summed E-state index contributed by atoms with van der Waals surface area (Å²) >= 11 is 3.55. The number of halogens is 1. The summed E-state index contributed by atoms with van der Waals surface area (Å²) in [5.41, 5.74) is 2.75. The normalized spacial score (nSPS) is 17.7. The Morgan fingerprint density at radius 3 is 1.96 bits per heavy atom. The van der Waals surface area contributed by atoms with Crippen molar-refractivity contribution in [3.8, 4) is 0 Å². The van der Waals surface area contributed by atoms with Gasteiger partial charge in [0, 0.05) is 5.33 Å². The number of rotatable bonds is 12. The molecule has 0 saturated heterocycles. The minimum Gasteiger partial charge on any atom is -0.407 e. The first kappa shape index (κ1) is 24.1. The molecule has 0 aromatic heterocycles. The molecule has 3 heteroatoms. The Labute approximate surface area is 161 Å². The van der Waals surface area contributed by atoms with Crippen LogP contribution in [0, 0.1) is 11.8 Å². The average Bonchev–Trinajstić information content (AvgIpc) is 2.56. The number of hydrogen-bond acceptors (Lipinski definition) is 1. The minimum absolute atomic E-state index is 0.161. The third-order valence-electron chi connectivity index (χ3n) is 5.55. The van der Waals surface area contributed by atoms with Crippen molar-refractivity contribution >= 4 is 24.2 Å². The molecule has 0 bridgehead atoms. The van der Waals surface area contributed by atoms with E-state index in [1.807, 2.05) is 0 Å². The van der Waals surface area contributed by atoms with Gasteiger partial charge in [0.1, 0.15) is 0 Å². The molecule has 0 fully saturated rings. The third kappa shape index (κ3) is 8.01. The number of hydrogen-bond donors (Lipinski definition) is 0. The van der Waals surface area contributed by atoms with Crippen LogP contribution < -0.4 is 0 Å². The summed E-state index contributed by atoms with van der Waals surface area (Å²) in [4.78, 5) is 0. The van der Waals surface area contributed by atoms with Gasteiger partial charge in [0.05, 0.1) is 6.10 Å². The summed E-state index contributed by atoms with van der Waals surface area (Å²) in [5, 5.41) is 0.896. The highest BCUT2D eigenvalue weighted by Gasteiger charge is 2.33. The summed E-state index contributed by atoms with van der Waals surface area (Å²) in [6.07, 6.45) is 7.41. The van der Waals surface area contributed by atoms with Crippen LogP contribution in [0.15, 0.2) is 23.3 Å². The maximum atomic E-state index is 6.88. The monoisotopic (exact) mass is 416 g/mol. The van der Waals surface area contributed by atoms with Crippen molar-refractivity contribution in [2.75, 3.05) is 5.33 Å². The predicted octanol–water partition coefficient (Wildman–Crippen LogP) is 7.74. The Bertz CT molecular complexity index is 390. The highest BCUT2D eigenvalue weighted by atomic mass is 79.9. The minimum atomic E-state index is -1.62. The standard InChI is InChI=1S/C21H41BrOSi/c1-9-17(5)15-18(6)16-20(8)21(19(7)13-14-22)23-24(10-2,11-3)12-4/h13,16-18,21H,9-12,14-15H2,1-8H3/b19-13-,20-16+/t17-,18+,21+/m1/s1. The molecule has 0 N–H and O–H groups in total. The summed E-state index contributed by atoms with van der Waals surface area (Å²) < 4.78 is 6.88. The van der Waals surface area contributed by atoms with Crippen LogP contribution in [0.3, 0.4) is 0 Å². The third-order valence-corrected chi connectivity index (χ3v) is 10.5. The van der Waals surface area contributed by atoms with E-state index in [1.165, 1.54) is 42.1 Å². The van der Waals surface area contributed by atoms with E-state index in [4.69, 9.17) is 4.43 Å². The van der Waals surface area contributed by atoms with E-state index in [-0.39, 0.29) is 6.10 Å². The molecule has 24 heavy (non-hydrogen) atoms. The molecular formula is C21H41BrOSi. The van der Waals surface area contributed by atoms with Crippen molar-refractivity contribution in [2.45, 2.75) is 92.5 Å². The molecule has 142 valence electrons. The van der Waals surface area contributed by atoms with Gasteiger partial charge < -0.3 is 4.43 Å². The SMILES string of the molecule is CC[C@@H](C)C[C@H](C)/C=C(\C)[C@@H](O[Si](CC)(CC)CC)/C(C)=C\CBr. The van der Waals surface area contributed by atoms with Crippen LogP contribution in [0.5, 0.6) is 0 Å². The first-order chi connectivity index (χ1) is 11.3. The molecule has 3 atom stereocenters. The van der Waals surface area contributed by atoms with Crippen LogP contribution in [0.2, 0.25) is 18.1 Å². The van der Waals surface area contributed by atoms with Crippen LogP contribution in [-0.4, -0.2) is 19.8 Å². The quantitative estimate of drug-likeness (QED) is 0.179. The van der Waals surface area contributed by atoms with E-state index in [2.05, 4.69) is 83.5 Å². The lowest BCUT2D eigenvalue weighted by atomic mass is 9.92. The molecular weight excluding hydrogens is 376 g/mol. The van der Waals surface area contributed by atoms with E-state index < -0.39 is 8.32 Å². The first-order valence-corrected chi connectivity index (χ1v) is 13.5. The van der Waals surface area contributed by atoms with Crippen molar-refractivity contribution in [3.05, 3.63) is 23.3 Å². The molecule has 0 aromatic carbocycles. The van der Waals surface area contributed by atoms with E-state index in [1.54, 1.807) is 0 Å². The number of allylic oxidation sites excluding steroid dienone is 2. The summed E-state index contributed by atoms with van der Waals surface area (Å²) in [7, 11) is -1.62. The molecule has 0 heterocycles. The molecule has 0 radical (unpaired) electrons. The molecule has 1 nitrogen and oxygen atoms in total. The van der Waals surface area contributed by atoms with Crippen LogP contribution in [0.1, 0.15) is 68.2 Å². The lowest BCUT2D eigenvalue weighted by Gasteiger charge is -2.35. The van der Waals surface area contributed by atoms with Gasteiger partial charge in [-0.3, -0.25) is 0 Å².